The monoisotopic (exact) mass is 361 g/mol. The standard InChI is InChI=1S/C17H19N3O2S2/c1-20(2)17(23)24-12-16(21)19-14-6-3-7-15(9-14)22-11-13-5-4-8-18-10-13/h3-10H,11-12H2,1-2H3,(H,19,21). The summed E-state index contributed by atoms with van der Waals surface area (Å²) in [5.74, 6) is 0.861. The maximum atomic E-state index is 12.0. The van der Waals surface area contributed by atoms with Crippen molar-refractivity contribution in [2.24, 2.45) is 0 Å². The average molecular weight is 361 g/mol. The Morgan fingerprint density at radius 2 is 2.17 bits per heavy atom. The van der Waals surface area contributed by atoms with Crippen LogP contribution in [0.2, 0.25) is 0 Å². The maximum absolute atomic E-state index is 12.0. The largest absolute Gasteiger partial charge is 0.489 e. The van der Waals surface area contributed by atoms with Gasteiger partial charge < -0.3 is 15.0 Å². The van der Waals surface area contributed by atoms with Gasteiger partial charge in [0.2, 0.25) is 5.91 Å². The Labute approximate surface area is 151 Å². The topological polar surface area (TPSA) is 54.5 Å². The van der Waals surface area contributed by atoms with E-state index >= 15 is 0 Å². The van der Waals surface area contributed by atoms with E-state index in [0.29, 0.717) is 22.4 Å². The molecule has 0 aliphatic rings. The first-order valence-corrected chi connectivity index (χ1v) is 8.69. The van der Waals surface area contributed by atoms with Crippen molar-refractivity contribution in [3.05, 3.63) is 54.4 Å². The van der Waals surface area contributed by atoms with Crippen LogP contribution in [-0.2, 0) is 11.4 Å². The van der Waals surface area contributed by atoms with Crippen LogP contribution in [0.3, 0.4) is 0 Å². The molecule has 1 amide bonds. The SMILES string of the molecule is CN(C)C(=S)SCC(=O)Nc1cccc(OCc2cccnc2)c1. The van der Waals surface area contributed by atoms with Crippen LogP contribution in [0.4, 0.5) is 5.69 Å². The van der Waals surface area contributed by atoms with E-state index < -0.39 is 0 Å². The molecule has 0 bridgehead atoms. The molecule has 2 rings (SSSR count). The summed E-state index contributed by atoms with van der Waals surface area (Å²) in [6, 6.07) is 11.1. The van der Waals surface area contributed by atoms with Gasteiger partial charge in [-0.1, -0.05) is 36.1 Å². The molecule has 126 valence electrons. The van der Waals surface area contributed by atoms with Crippen LogP contribution in [0.25, 0.3) is 0 Å². The second-order valence-corrected chi connectivity index (χ2v) is 6.78. The number of ether oxygens (including phenoxy) is 1. The third-order valence-electron chi connectivity index (χ3n) is 2.94. The molecule has 7 heteroatoms. The molecule has 0 fully saturated rings. The number of thioether (sulfide) groups is 1. The van der Waals surface area contributed by atoms with E-state index in [1.165, 1.54) is 11.8 Å². The van der Waals surface area contributed by atoms with Gasteiger partial charge in [-0.2, -0.15) is 0 Å². The molecule has 24 heavy (non-hydrogen) atoms. The summed E-state index contributed by atoms with van der Waals surface area (Å²) in [5.41, 5.74) is 1.68. The van der Waals surface area contributed by atoms with Crippen LogP contribution in [0.5, 0.6) is 5.75 Å². The molecule has 0 radical (unpaired) electrons. The lowest BCUT2D eigenvalue weighted by atomic mass is 10.3. The molecular weight excluding hydrogens is 342 g/mol. The number of nitrogens with one attached hydrogen (secondary N) is 1. The van der Waals surface area contributed by atoms with Gasteiger partial charge in [0, 0.05) is 43.8 Å². The van der Waals surface area contributed by atoms with Crippen LogP contribution in [0, 0.1) is 0 Å². The predicted molar refractivity (Wildman–Crippen MR) is 102 cm³/mol. The Hall–Kier alpha value is -2.12. The molecule has 0 aliphatic carbocycles. The fraction of sp³-hybridized carbons (Fsp3) is 0.235. The van der Waals surface area contributed by atoms with Gasteiger partial charge in [-0.05, 0) is 18.2 Å². The second kappa shape index (κ2) is 9.24. The number of nitrogens with zero attached hydrogens (tertiary/aromatic N) is 2. The van der Waals surface area contributed by atoms with Crippen molar-refractivity contribution in [1.82, 2.24) is 9.88 Å². The van der Waals surface area contributed by atoms with E-state index in [1.54, 1.807) is 23.4 Å². The number of pyridine rings is 1. The van der Waals surface area contributed by atoms with E-state index in [1.807, 2.05) is 44.4 Å². The predicted octanol–water partition coefficient (Wildman–Crippen LogP) is 3.18. The number of amides is 1. The smallest absolute Gasteiger partial charge is 0.234 e. The fourth-order valence-electron chi connectivity index (χ4n) is 1.77. The quantitative estimate of drug-likeness (QED) is 0.798. The lowest BCUT2D eigenvalue weighted by Gasteiger charge is -2.13. The Morgan fingerprint density at radius 3 is 2.88 bits per heavy atom. The molecule has 0 spiro atoms. The number of rotatable bonds is 6. The summed E-state index contributed by atoms with van der Waals surface area (Å²) in [7, 11) is 3.71. The van der Waals surface area contributed by atoms with Crippen LogP contribution in [-0.4, -0.2) is 40.0 Å². The number of carbonyl (C=O) groups excluding carboxylic acids is 1. The molecular formula is C17H19N3O2S2. The van der Waals surface area contributed by atoms with Crippen molar-refractivity contribution >= 4 is 39.9 Å². The molecule has 0 aliphatic heterocycles. The van der Waals surface area contributed by atoms with Gasteiger partial charge in [0.1, 0.15) is 16.7 Å². The number of hydrogen-bond acceptors (Lipinski definition) is 5. The number of benzene rings is 1. The number of hydrogen-bond donors (Lipinski definition) is 1. The van der Waals surface area contributed by atoms with Crippen molar-refractivity contribution < 1.29 is 9.53 Å². The molecule has 0 saturated carbocycles. The zero-order chi connectivity index (χ0) is 17.4. The highest BCUT2D eigenvalue weighted by atomic mass is 32.2. The Bertz CT molecular complexity index is 693. The first-order valence-electron chi connectivity index (χ1n) is 7.30. The minimum atomic E-state index is -0.103. The fourth-order valence-corrected chi connectivity index (χ4v) is 2.53. The zero-order valence-corrected chi connectivity index (χ0v) is 15.2. The average Bonchev–Trinajstić information content (AvgIpc) is 2.59. The summed E-state index contributed by atoms with van der Waals surface area (Å²) in [4.78, 5) is 17.8. The lowest BCUT2D eigenvalue weighted by molar-refractivity contribution is -0.113. The molecule has 0 saturated heterocycles. The molecule has 1 aromatic heterocycles. The maximum Gasteiger partial charge on any atom is 0.234 e. The highest BCUT2D eigenvalue weighted by Gasteiger charge is 2.07. The van der Waals surface area contributed by atoms with Gasteiger partial charge in [0.25, 0.3) is 0 Å². The van der Waals surface area contributed by atoms with Crippen LogP contribution in [0.1, 0.15) is 5.56 Å². The van der Waals surface area contributed by atoms with Gasteiger partial charge in [-0.3, -0.25) is 9.78 Å². The third-order valence-corrected chi connectivity index (χ3v) is 4.68. The number of carbonyl (C=O) groups is 1. The molecule has 0 atom stereocenters. The summed E-state index contributed by atoms with van der Waals surface area (Å²) in [6.45, 7) is 0.429. The number of anilines is 1. The first kappa shape index (κ1) is 18.2. The Kier molecular flexibility index (Phi) is 7.02. The number of thiocarbonyl (C=S) groups is 1. The summed E-state index contributed by atoms with van der Waals surface area (Å²) < 4.78 is 6.40. The molecule has 0 unspecified atom stereocenters. The van der Waals surface area contributed by atoms with E-state index in [0.717, 1.165) is 5.56 Å². The highest BCUT2D eigenvalue weighted by molar-refractivity contribution is 8.23. The van der Waals surface area contributed by atoms with Gasteiger partial charge in [0.15, 0.2) is 0 Å². The van der Waals surface area contributed by atoms with Crippen molar-refractivity contribution in [2.75, 3.05) is 25.2 Å². The summed E-state index contributed by atoms with van der Waals surface area (Å²) in [5, 5.41) is 2.84. The van der Waals surface area contributed by atoms with Crippen LogP contribution < -0.4 is 10.1 Å². The normalized spacial score (nSPS) is 10.1. The van der Waals surface area contributed by atoms with Crippen molar-refractivity contribution in [3.8, 4) is 5.75 Å². The van der Waals surface area contributed by atoms with Gasteiger partial charge in [-0.15, -0.1) is 0 Å². The third kappa shape index (κ3) is 6.17. The van der Waals surface area contributed by atoms with Gasteiger partial charge >= 0.3 is 0 Å². The molecule has 1 N–H and O–H groups in total. The van der Waals surface area contributed by atoms with Gasteiger partial charge in [0.05, 0.1) is 5.75 Å². The van der Waals surface area contributed by atoms with Crippen molar-refractivity contribution in [3.63, 3.8) is 0 Å². The van der Waals surface area contributed by atoms with Crippen LogP contribution >= 0.6 is 24.0 Å². The van der Waals surface area contributed by atoms with Gasteiger partial charge in [-0.25, -0.2) is 0 Å². The minimum Gasteiger partial charge on any atom is -0.489 e. The second-order valence-electron chi connectivity index (χ2n) is 5.17. The Morgan fingerprint density at radius 1 is 1.33 bits per heavy atom. The summed E-state index contributed by atoms with van der Waals surface area (Å²) >= 11 is 6.48. The van der Waals surface area contributed by atoms with E-state index in [-0.39, 0.29) is 11.7 Å². The highest BCUT2D eigenvalue weighted by Crippen LogP contribution is 2.19. The van der Waals surface area contributed by atoms with Crippen LogP contribution in [0.15, 0.2) is 48.8 Å². The van der Waals surface area contributed by atoms with Crippen molar-refractivity contribution in [1.29, 1.82) is 0 Å². The summed E-state index contributed by atoms with van der Waals surface area (Å²) in [6.07, 6.45) is 3.48. The van der Waals surface area contributed by atoms with E-state index in [4.69, 9.17) is 17.0 Å². The molecule has 1 heterocycles. The minimum absolute atomic E-state index is 0.103. The van der Waals surface area contributed by atoms with E-state index in [9.17, 15) is 4.79 Å². The Balaban J connectivity index is 1.85. The van der Waals surface area contributed by atoms with E-state index in [2.05, 4.69) is 10.3 Å². The lowest BCUT2D eigenvalue weighted by Crippen LogP contribution is -2.20. The van der Waals surface area contributed by atoms with Crippen molar-refractivity contribution in [2.45, 2.75) is 6.61 Å². The zero-order valence-electron chi connectivity index (χ0n) is 13.6. The molecule has 5 nitrogen and oxygen atoms in total. The molecule has 1 aromatic carbocycles. The molecule has 2 aromatic rings. The number of aromatic nitrogens is 1. The first-order chi connectivity index (χ1) is 11.5.